The fraction of sp³-hybridized carbons (Fsp3) is 0.565. The lowest BCUT2D eigenvalue weighted by atomic mass is 9.98. The Kier molecular flexibility index (Phi) is 8.40. The first kappa shape index (κ1) is 23.6. The molecule has 0 aliphatic carbocycles. The number of hydrogen-bond acceptors (Lipinski definition) is 5. The summed E-state index contributed by atoms with van der Waals surface area (Å²) in [4.78, 5) is 11.9. The van der Waals surface area contributed by atoms with E-state index in [1.165, 1.54) is 12.1 Å². The maximum absolute atomic E-state index is 13.5. The molecule has 0 radical (unpaired) electrons. The number of morpholine rings is 1. The van der Waals surface area contributed by atoms with Gasteiger partial charge in [0, 0.05) is 37.0 Å². The van der Waals surface area contributed by atoms with E-state index in [1.807, 2.05) is 12.1 Å². The molecule has 0 amide bonds. The van der Waals surface area contributed by atoms with E-state index in [-0.39, 0.29) is 17.3 Å². The Labute approximate surface area is 188 Å². The summed E-state index contributed by atoms with van der Waals surface area (Å²) in [5.41, 5.74) is 2.12. The van der Waals surface area contributed by atoms with Gasteiger partial charge in [-0.25, -0.2) is 14.4 Å². The molecule has 170 valence electrons. The zero-order valence-electron chi connectivity index (χ0n) is 18.9. The van der Waals surface area contributed by atoms with Gasteiger partial charge in [-0.15, -0.1) is 11.3 Å². The molecule has 2 N–H and O–H groups in total. The molecule has 1 atom stereocenters. The SMILES string of the molecule is CCNC(=NCc1csc(C(C)(C)C)n1)NCC(c1ccc(F)cc1)N1CCOCC1. The minimum Gasteiger partial charge on any atom is -0.379 e. The summed E-state index contributed by atoms with van der Waals surface area (Å²) in [6, 6.07) is 6.89. The molecular formula is C23H34FN5OS. The number of guanidine groups is 1. The van der Waals surface area contributed by atoms with Crippen molar-refractivity contribution in [3.63, 3.8) is 0 Å². The van der Waals surface area contributed by atoms with Crippen molar-refractivity contribution in [2.24, 2.45) is 4.99 Å². The van der Waals surface area contributed by atoms with Crippen molar-refractivity contribution < 1.29 is 9.13 Å². The van der Waals surface area contributed by atoms with Gasteiger partial charge in [0.1, 0.15) is 5.82 Å². The van der Waals surface area contributed by atoms with Gasteiger partial charge in [0.2, 0.25) is 0 Å². The molecule has 8 heteroatoms. The van der Waals surface area contributed by atoms with Crippen LogP contribution in [-0.4, -0.2) is 55.2 Å². The Morgan fingerprint density at radius 2 is 1.94 bits per heavy atom. The lowest BCUT2D eigenvalue weighted by Crippen LogP contribution is -2.46. The van der Waals surface area contributed by atoms with Crippen LogP contribution in [0.1, 0.15) is 50.0 Å². The summed E-state index contributed by atoms with van der Waals surface area (Å²) in [7, 11) is 0. The van der Waals surface area contributed by atoms with E-state index in [0.29, 0.717) is 26.3 Å². The zero-order chi connectivity index (χ0) is 22.3. The standard InChI is InChI=1S/C23H34FN5OS/c1-5-25-22(26-14-19-16-31-21(28-19)23(2,3)4)27-15-20(29-10-12-30-13-11-29)17-6-8-18(24)9-7-17/h6-9,16,20H,5,10-15H2,1-4H3,(H2,25,26,27). The van der Waals surface area contributed by atoms with E-state index in [4.69, 9.17) is 14.7 Å². The summed E-state index contributed by atoms with van der Waals surface area (Å²) in [6.45, 7) is 13.7. The summed E-state index contributed by atoms with van der Waals surface area (Å²) >= 11 is 1.69. The molecule has 0 saturated carbocycles. The highest BCUT2D eigenvalue weighted by molar-refractivity contribution is 7.09. The molecule has 1 aliphatic heterocycles. The predicted octanol–water partition coefficient (Wildman–Crippen LogP) is 3.71. The van der Waals surface area contributed by atoms with Crippen LogP contribution < -0.4 is 10.6 Å². The van der Waals surface area contributed by atoms with Crippen LogP contribution >= 0.6 is 11.3 Å². The monoisotopic (exact) mass is 447 g/mol. The normalized spacial score (nSPS) is 16.9. The number of halogens is 1. The number of ether oxygens (including phenoxy) is 1. The third-order valence-electron chi connectivity index (χ3n) is 5.14. The third kappa shape index (κ3) is 6.98. The Hall–Kier alpha value is -2.03. The Morgan fingerprint density at radius 1 is 1.23 bits per heavy atom. The molecule has 2 heterocycles. The highest BCUT2D eigenvalue weighted by atomic mass is 32.1. The highest BCUT2D eigenvalue weighted by Crippen LogP contribution is 2.26. The van der Waals surface area contributed by atoms with Crippen LogP contribution in [0.5, 0.6) is 0 Å². The second kappa shape index (κ2) is 11.0. The molecule has 1 unspecified atom stereocenters. The summed E-state index contributed by atoms with van der Waals surface area (Å²) in [6.07, 6.45) is 0. The van der Waals surface area contributed by atoms with E-state index >= 15 is 0 Å². The first-order chi connectivity index (χ1) is 14.9. The number of rotatable bonds is 7. The lowest BCUT2D eigenvalue weighted by Gasteiger charge is -2.35. The van der Waals surface area contributed by atoms with Crippen molar-refractivity contribution in [3.8, 4) is 0 Å². The van der Waals surface area contributed by atoms with Gasteiger partial charge in [-0.05, 0) is 24.6 Å². The molecule has 6 nitrogen and oxygen atoms in total. The first-order valence-corrected chi connectivity index (χ1v) is 11.8. The van der Waals surface area contributed by atoms with Crippen molar-refractivity contribution in [1.29, 1.82) is 0 Å². The summed E-state index contributed by atoms with van der Waals surface area (Å²) in [5.74, 6) is 0.540. The van der Waals surface area contributed by atoms with Gasteiger partial charge in [-0.3, -0.25) is 4.90 Å². The van der Waals surface area contributed by atoms with Crippen LogP contribution in [0.4, 0.5) is 4.39 Å². The minimum atomic E-state index is -0.217. The number of benzene rings is 1. The van der Waals surface area contributed by atoms with Crippen LogP contribution in [0.2, 0.25) is 0 Å². The molecule has 1 aliphatic rings. The average molecular weight is 448 g/mol. The molecule has 1 saturated heterocycles. The van der Waals surface area contributed by atoms with Crippen LogP contribution in [0.15, 0.2) is 34.6 Å². The van der Waals surface area contributed by atoms with Gasteiger partial charge in [-0.2, -0.15) is 0 Å². The van der Waals surface area contributed by atoms with Gasteiger partial charge in [0.25, 0.3) is 0 Å². The number of nitrogens with zero attached hydrogens (tertiary/aromatic N) is 3. The molecule has 0 bridgehead atoms. The van der Waals surface area contributed by atoms with Crippen molar-refractivity contribution in [3.05, 3.63) is 51.7 Å². The number of nitrogens with one attached hydrogen (secondary N) is 2. The average Bonchev–Trinajstić information content (AvgIpc) is 3.24. The Bertz CT molecular complexity index is 840. The van der Waals surface area contributed by atoms with Crippen molar-refractivity contribution in [2.75, 3.05) is 39.4 Å². The van der Waals surface area contributed by atoms with Crippen LogP contribution in [0.3, 0.4) is 0 Å². The lowest BCUT2D eigenvalue weighted by molar-refractivity contribution is 0.0170. The molecule has 3 rings (SSSR count). The Morgan fingerprint density at radius 3 is 2.55 bits per heavy atom. The third-order valence-corrected chi connectivity index (χ3v) is 6.46. The van der Waals surface area contributed by atoms with E-state index in [9.17, 15) is 4.39 Å². The minimum absolute atomic E-state index is 0.0515. The number of hydrogen-bond donors (Lipinski definition) is 2. The molecule has 0 spiro atoms. The van der Waals surface area contributed by atoms with Crippen LogP contribution in [-0.2, 0) is 16.7 Å². The molecule has 31 heavy (non-hydrogen) atoms. The molecule has 1 fully saturated rings. The predicted molar refractivity (Wildman–Crippen MR) is 125 cm³/mol. The first-order valence-electron chi connectivity index (χ1n) is 10.9. The van der Waals surface area contributed by atoms with Crippen molar-refractivity contribution >= 4 is 17.3 Å². The van der Waals surface area contributed by atoms with Gasteiger partial charge in [0.05, 0.1) is 36.5 Å². The van der Waals surface area contributed by atoms with Gasteiger partial charge in [-0.1, -0.05) is 32.9 Å². The van der Waals surface area contributed by atoms with E-state index < -0.39 is 0 Å². The van der Waals surface area contributed by atoms with E-state index in [1.54, 1.807) is 11.3 Å². The van der Waals surface area contributed by atoms with Crippen molar-refractivity contribution in [2.45, 2.75) is 45.7 Å². The Balaban J connectivity index is 1.69. The second-order valence-corrected chi connectivity index (χ2v) is 9.54. The number of aliphatic imine (C=N–C) groups is 1. The maximum Gasteiger partial charge on any atom is 0.191 e. The van der Waals surface area contributed by atoms with Crippen LogP contribution in [0.25, 0.3) is 0 Å². The number of aromatic nitrogens is 1. The van der Waals surface area contributed by atoms with Crippen molar-refractivity contribution in [1.82, 2.24) is 20.5 Å². The quantitative estimate of drug-likeness (QED) is 0.501. The summed E-state index contributed by atoms with van der Waals surface area (Å²) < 4.78 is 19.0. The molecular weight excluding hydrogens is 413 g/mol. The number of thiazole rings is 1. The largest absolute Gasteiger partial charge is 0.379 e. The fourth-order valence-electron chi connectivity index (χ4n) is 3.45. The topological polar surface area (TPSA) is 61.8 Å². The molecule has 2 aromatic rings. The summed E-state index contributed by atoms with van der Waals surface area (Å²) in [5, 5.41) is 10.0. The zero-order valence-corrected chi connectivity index (χ0v) is 19.8. The smallest absolute Gasteiger partial charge is 0.191 e. The fourth-order valence-corrected chi connectivity index (χ4v) is 4.35. The van der Waals surface area contributed by atoms with Gasteiger partial charge < -0.3 is 15.4 Å². The second-order valence-electron chi connectivity index (χ2n) is 8.69. The van der Waals surface area contributed by atoms with E-state index in [0.717, 1.165) is 41.9 Å². The highest BCUT2D eigenvalue weighted by Gasteiger charge is 2.23. The van der Waals surface area contributed by atoms with E-state index in [2.05, 4.69) is 48.6 Å². The molecule has 1 aromatic carbocycles. The maximum atomic E-state index is 13.5. The van der Waals surface area contributed by atoms with Gasteiger partial charge >= 0.3 is 0 Å². The van der Waals surface area contributed by atoms with Crippen LogP contribution in [0, 0.1) is 5.82 Å². The van der Waals surface area contributed by atoms with Gasteiger partial charge in [0.15, 0.2) is 5.96 Å². The molecule has 1 aromatic heterocycles.